The van der Waals surface area contributed by atoms with Crippen molar-refractivity contribution < 1.29 is 9.84 Å². The van der Waals surface area contributed by atoms with Gasteiger partial charge in [-0.15, -0.1) is 0 Å². The molecule has 0 saturated carbocycles. The Balaban J connectivity index is 2.91. The van der Waals surface area contributed by atoms with Crippen molar-refractivity contribution in [3.63, 3.8) is 0 Å². The van der Waals surface area contributed by atoms with Crippen molar-refractivity contribution in [1.29, 1.82) is 0 Å². The molecule has 4 heteroatoms. The van der Waals surface area contributed by atoms with E-state index in [4.69, 9.17) is 10.5 Å². The number of methoxy groups -OCH3 is 1. The Bertz CT molecular complexity index is 378. The summed E-state index contributed by atoms with van der Waals surface area (Å²) >= 11 is 0. The second-order valence-electron chi connectivity index (χ2n) is 4.74. The Morgan fingerprint density at radius 1 is 1.32 bits per heavy atom. The Morgan fingerprint density at radius 2 is 2.00 bits per heavy atom. The van der Waals surface area contributed by atoms with E-state index in [0.29, 0.717) is 12.6 Å². The molecule has 0 spiro atoms. The SMILES string of the molecule is CCC(CC)N(CCO)Cc1cc(N)ccc1OC. The summed E-state index contributed by atoms with van der Waals surface area (Å²) in [6.45, 7) is 5.94. The zero-order valence-electron chi connectivity index (χ0n) is 12.2. The normalized spacial score (nSPS) is 11.3. The van der Waals surface area contributed by atoms with Crippen molar-refractivity contribution in [3.8, 4) is 5.75 Å². The van der Waals surface area contributed by atoms with Crippen LogP contribution in [0.5, 0.6) is 5.75 Å². The number of nitrogen functional groups attached to an aromatic ring is 1. The molecule has 0 heterocycles. The molecule has 0 amide bonds. The first-order valence-electron chi connectivity index (χ1n) is 6.93. The zero-order valence-corrected chi connectivity index (χ0v) is 12.2. The standard InChI is InChI=1S/C15H26N2O2/c1-4-14(5-2)17(8-9-18)11-12-10-13(16)6-7-15(12)19-3/h6-7,10,14,18H,4-5,8-9,11,16H2,1-3H3. The number of aliphatic hydroxyl groups excluding tert-OH is 1. The zero-order chi connectivity index (χ0) is 14.3. The van der Waals surface area contributed by atoms with Crippen LogP contribution in [-0.2, 0) is 6.54 Å². The predicted molar refractivity (Wildman–Crippen MR) is 79.3 cm³/mol. The van der Waals surface area contributed by atoms with E-state index in [1.54, 1.807) is 7.11 Å². The van der Waals surface area contributed by atoms with Crippen LogP contribution < -0.4 is 10.5 Å². The Labute approximate surface area is 116 Å². The maximum Gasteiger partial charge on any atom is 0.123 e. The van der Waals surface area contributed by atoms with Crippen LogP contribution in [-0.4, -0.2) is 36.3 Å². The first-order chi connectivity index (χ1) is 9.15. The summed E-state index contributed by atoms with van der Waals surface area (Å²) in [7, 11) is 1.67. The highest BCUT2D eigenvalue weighted by Gasteiger charge is 2.16. The van der Waals surface area contributed by atoms with Gasteiger partial charge in [-0.1, -0.05) is 13.8 Å². The van der Waals surface area contributed by atoms with Crippen molar-refractivity contribution in [1.82, 2.24) is 4.90 Å². The molecule has 1 aromatic carbocycles. The fourth-order valence-corrected chi connectivity index (χ4v) is 2.47. The van der Waals surface area contributed by atoms with Gasteiger partial charge in [0, 0.05) is 30.4 Å². The van der Waals surface area contributed by atoms with Crippen LogP contribution in [0.2, 0.25) is 0 Å². The molecule has 0 aromatic heterocycles. The minimum atomic E-state index is 0.168. The molecule has 0 bridgehead atoms. The molecule has 3 N–H and O–H groups in total. The lowest BCUT2D eigenvalue weighted by Crippen LogP contribution is -2.36. The minimum absolute atomic E-state index is 0.168. The largest absolute Gasteiger partial charge is 0.496 e. The molecular formula is C15H26N2O2. The second kappa shape index (κ2) is 8.02. The van der Waals surface area contributed by atoms with Crippen molar-refractivity contribution in [2.75, 3.05) is 26.0 Å². The highest BCUT2D eigenvalue weighted by Crippen LogP contribution is 2.24. The number of ether oxygens (including phenoxy) is 1. The summed E-state index contributed by atoms with van der Waals surface area (Å²) in [5.41, 5.74) is 7.66. The summed E-state index contributed by atoms with van der Waals surface area (Å²) < 4.78 is 5.38. The topological polar surface area (TPSA) is 58.7 Å². The van der Waals surface area contributed by atoms with Gasteiger partial charge in [0.05, 0.1) is 13.7 Å². The molecule has 1 aromatic rings. The van der Waals surface area contributed by atoms with Gasteiger partial charge in [-0.25, -0.2) is 0 Å². The molecule has 0 saturated heterocycles. The van der Waals surface area contributed by atoms with Crippen molar-refractivity contribution in [3.05, 3.63) is 23.8 Å². The highest BCUT2D eigenvalue weighted by molar-refractivity contribution is 5.47. The summed E-state index contributed by atoms with van der Waals surface area (Å²) in [5.74, 6) is 0.850. The van der Waals surface area contributed by atoms with Gasteiger partial charge in [-0.2, -0.15) is 0 Å². The summed E-state index contributed by atoms with van der Waals surface area (Å²) in [6.07, 6.45) is 2.14. The van der Waals surface area contributed by atoms with Gasteiger partial charge in [0.2, 0.25) is 0 Å². The minimum Gasteiger partial charge on any atom is -0.496 e. The quantitative estimate of drug-likeness (QED) is 0.709. The number of anilines is 1. The maximum absolute atomic E-state index is 9.24. The van der Waals surface area contributed by atoms with Crippen LogP contribution in [0.25, 0.3) is 0 Å². The molecule has 0 aliphatic heterocycles. The highest BCUT2D eigenvalue weighted by atomic mass is 16.5. The predicted octanol–water partition coefficient (Wildman–Crippen LogP) is 2.26. The third-order valence-electron chi connectivity index (χ3n) is 3.52. The van der Waals surface area contributed by atoms with E-state index in [1.807, 2.05) is 18.2 Å². The molecule has 0 aliphatic carbocycles. The fourth-order valence-electron chi connectivity index (χ4n) is 2.47. The average molecular weight is 266 g/mol. The molecular weight excluding hydrogens is 240 g/mol. The first-order valence-corrected chi connectivity index (χ1v) is 6.93. The van der Waals surface area contributed by atoms with E-state index in [-0.39, 0.29) is 6.61 Å². The van der Waals surface area contributed by atoms with Crippen LogP contribution in [0.3, 0.4) is 0 Å². The number of hydrogen-bond donors (Lipinski definition) is 2. The second-order valence-corrected chi connectivity index (χ2v) is 4.74. The maximum atomic E-state index is 9.24. The van der Waals surface area contributed by atoms with Gasteiger partial charge >= 0.3 is 0 Å². The van der Waals surface area contributed by atoms with Gasteiger partial charge in [0.15, 0.2) is 0 Å². The smallest absolute Gasteiger partial charge is 0.123 e. The third-order valence-corrected chi connectivity index (χ3v) is 3.52. The monoisotopic (exact) mass is 266 g/mol. The van der Waals surface area contributed by atoms with Gasteiger partial charge < -0.3 is 15.6 Å². The molecule has 1 rings (SSSR count). The van der Waals surface area contributed by atoms with Crippen LogP contribution in [0.1, 0.15) is 32.3 Å². The molecule has 4 nitrogen and oxygen atoms in total. The van der Waals surface area contributed by atoms with Crippen molar-refractivity contribution >= 4 is 5.69 Å². The molecule has 0 atom stereocenters. The molecule has 108 valence electrons. The number of benzene rings is 1. The lowest BCUT2D eigenvalue weighted by molar-refractivity contribution is 0.135. The fraction of sp³-hybridized carbons (Fsp3) is 0.600. The molecule has 19 heavy (non-hydrogen) atoms. The number of aliphatic hydroxyl groups is 1. The Morgan fingerprint density at radius 3 is 2.53 bits per heavy atom. The van der Waals surface area contributed by atoms with E-state index in [9.17, 15) is 5.11 Å². The van der Waals surface area contributed by atoms with Crippen molar-refractivity contribution in [2.45, 2.75) is 39.3 Å². The van der Waals surface area contributed by atoms with Crippen LogP contribution in [0.4, 0.5) is 5.69 Å². The first kappa shape index (κ1) is 15.8. The number of nitrogens with zero attached hydrogens (tertiary/aromatic N) is 1. The average Bonchev–Trinajstić information content (AvgIpc) is 2.40. The van der Waals surface area contributed by atoms with Gasteiger partial charge in [0.25, 0.3) is 0 Å². The molecule has 0 radical (unpaired) electrons. The van der Waals surface area contributed by atoms with Gasteiger partial charge in [-0.05, 0) is 31.0 Å². The van der Waals surface area contributed by atoms with E-state index in [1.165, 1.54) is 0 Å². The van der Waals surface area contributed by atoms with E-state index in [0.717, 1.165) is 36.4 Å². The van der Waals surface area contributed by atoms with Crippen LogP contribution in [0, 0.1) is 0 Å². The lowest BCUT2D eigenvalue weighted by Gasteiger charge is -2.30. The lowest BCUT2D eigenvalue weighted by atomic mass is 10.1. The molecule has 0 fully saturated rings. The number of nitrogens with two attached hydrogens (primary N) is 1. The Kier molecular flexibility index (Phi) is 6.67. The van der Waals surface area contributed by atoms with Gasteiger partial charge in [0.1, 0.15) is 5.75 Å². The van der Waals surface area contributed by atoms with E-state index >= 15 is 0 Å². The third kappa shape index (κ3) is 4.40. The van der Waals surface area contributed by atoms with E-state index in [2.05, 4.69) is 18.7 Å². The van der Waals surface area contributed by atoms with Crippen molar-refractivity contribution in [2.24, 2.45) is 0 Å². The summed E-state index contributed by atoms with van der Waals surface area (Å²) in [4.78, 5) is 2.29. The van der Waals surface area contributed by atoms with Crippen LogP contribution >= 0.6 is 0 Å². The number of rotatable bonds is 8. The summed E-state index contributed by atoms with van der Waals surface area (Å²) in [6, 6.07) is 6.16. The van der Waals surface area contributed by atoms with Gasteiger partial charge in [-0.3, -0.25) is 4.90 Å². The van der Waals surface area contributed by atoms with Crippen LogP contribution in [0.15, 0.2) is 18.2 Å². The Hall–Kier alpha value is -1.26. The van der Waals surface area contributed by atoms with E-state index < -0.39 is 0 Å². The molecule has 0 unspecified atom stereocenters. The number of hydrogen-bond acceptors (Lipinski definition) is 4. The summed E-state index contributed by atoms with van der Waals surface area (Å²) in [5, 5.41) is 9.24. The molecule has 0 aliphatic rings.